The normalized spacial score (nSPS) is 14.9. The molecule has 0 radical (unpaired) electrons. The topological polar surface area (TPSA) is 79.3 Å². The quantitative estimate of drug-likeness (QED) is 0.616. The zero-order chi connectivity index (χ0) is 20.9. The molecule has 0 unspecified atom stereocenters. The van der Waals surface area contributed by atoms with E-state index >= 15 is 0 Å². The molecule has 0 atom stereocenters. The Morgan fingerprint density at radius 3 is 2.53 bits per heavy atom. The zero-order valence-corrected chi connectivity index (χ0v) is 18.4. The molecule has 0 spiro atoms. The van der Waals surface area contributed by atoms with Crippen molar-refractivity contribution in [3.8, 4) is 6.01 Å². The van der Waals surface area contributed by atoms with Gasteiger partial charge in [-0.25, -0.2) is 4.98 Å². The maximum atomic E-state index is 5.91. The lowest BCUT2D eigenvalue weighted by Gasteiger charge is -2.32. The van der Waals surface area contributed by atoms with Gasteiger partial charge in [0.15, 0.2) is 5.13 Å². The number of piperazine rings is 1. The van der Waals surface area contributed by atoms with E-state index in [1.807, 2.05) is 36.5 Å². The SMILES string of the molecule is CC(C)c1cnc(Nc2nc(OCc3ccccc3)nc(N3CCN(C)CC3)n2)s1. The summed E-state index contributed by atoms with van der Waals surface area (Å²) in [7, 11) is 2.13. The van der Waals surface area contributed by atoms with E-state index in [9.17, 15) is 0 Å². The third-order valence-electron chi connectivity index (χ3n) is 4.91. The molecule has 1 aliphatic rings. The smallest absolute Gasteiger partial charge is 0.323 e. The van der Waals surface area contributed by atoms with Crippen LogP contribution in [-0.4, -0.2) is 58.1 Å². The van der Waals surface area contributed by atoms with Crippen LogP contribution in [0.5, 0.6) is 6.01 Å². The third-order valence-corrected chi connectivity index (χ3v) is 6.12. The summed E-state index contributed by atoms with van der Waals surface area (Å²) < 4.78 is 5.91. The van der Waals surface area contributed by atoms with Gasteiger partial charge in [-0.05, 0) is 18.5 Å². The van der Waals surface area contributed by atoms with Crippen molar-refractivity contribution >= 4 is 28.4 Å². The van der Waals surface area contributed by atoms with E-state index in [0.29, 0.717) is 30.4 Å². The molecular formula is C21H27N7OS. The number of thiazole rings is 1. The number of nitrogens with zero attached hydrogens (tertiary/aromatic N) is 6. The van der Waals surface area contributed by atoms with Crippen LogP contribution in [0.25, 0.3) is 0 Å². The standard InChI is InChI=1S/C21H27N7OS/c1-15(2)17-13-22-21(30-17)25-18-23-19(28-11-9-27(3)10-12-28)26-20(24-18)29-14-16-7-5-4-6-8-16/h4-8,13,15H,9-12,14H2,1-3H3,(H,22,23,24,25,26). The van der Waals surface area contributed by atoms with Crippen molar-refractivity contribution < 1.29 is 4.74 Å². The Balaban J connectivity index is 1.56. The number of likely N-dealkylation sites (N-methyl/N-ethyl adjacent to an activating group) is 1. The van der Waals surface area contributed by atoms with Gasteiger partial charge in [0.1, 0.15) is 6.61 Å². The second kappa shape index (κ2) is 9.36. The van der Waals surface area contributed by atoms with Crippen LogP contribution >= 0.6 is 11.3 Å². The van der Waals surface area contributed by atoms with E-state index in [-0.39, 0.29) is 0 Å². The number of rotatable bonds is 7. The van der Waals surface area contributed by atoms with Crippen molar-refractivity contribution in [1.29, 1.82) is 0 Å². The molecule has 3 aromatic rings. The largest absolute Gasteiger partial charge is 0.458 e. The van der Waals surface area contributed by atoms with Crippen molar-refractivity contribution in [2.24, 2.45) is 0 Å². The lowest BCUT2D eigenvalue weighted by Crippen LogP contribution is -2.45. The molecule has 1 fully saturated rings. The fourth-order valence-corrected chi connectivity index (χ4v) is 3.86. The van der Waals surface area contributed by atoms with Gasteiger partial charge in [0.25, 0.3) is 0 Å². The van der Waals surface area contributed by atoms with E-state index in [1.165, 1.54) is 4.88 Å². The highest BCUT2D eigenvalue weighted by molar-refractivity contribution is 7.15. The Labute approximate surface area is 181 Å². The van der Waals surface area contributed by atoms with Crippen LogP contribution < -0.4 is 15.0 Å². The minimum absolute atomic E-state index is 0.311. The lowest BCUT2D eigenvalue weighted by molar-refractivity contribution is 0.278. The Morgan fingerprint density at radius 1 is 1.07 bits per heavy atom. The summed E-state index contributed by atoms with van der Waals surface area (Å²) in [4.78, 5) is 23.8. The van der Waals surface area contributed by atoms with Gasteiger partial charge in [-0.3, -0.25) is 5.32 Å². The molecule has 2 aromatic heterocycles. The Morgan fingerprint density at radius 2 is 1.83 bits per heavy atom. The molecule has 1 N–H and O–H groups in total. The number of hydrogen-bond donors (Lipinski definition) is 1. The van der Waals surface area contributed by atoms with Gasteiger partial charge in [-0.1, -0.05) is 44.2 Å². The van der Waals surface area contributed by atoms with Gasteiger partial charge in [-0.15, -0.1) is 11.3 Å². The summed E-state index contributed by atoms with van der Waals surface area (Å²) in [6.07, 6.45) is 1.90. The predicted molar refractivity (Wildman–Crippen MR) is 120 cm³/mol. The van der Waals surface area contributed by atoms with E-state index in [2.05, 4.69) is 55.9 Å². The average molecular weight is 426 g/mol. The van der Waals surface area contributed by atoms with Gasteiger partial charge >= 0.3 is 6.01 Å². The molecule has 1 aliphatic heterocycles. The van der Waals surface area contributed by atoms with Gasteiger partial charge < -0.3 is 14.5 Å². The highest BCUT2D eigenvalue weighted by atomic mass is 32.1. The van der Waals surface area contributed by atoms with Crippen LogP contribution in [-0.2, 0) is 6.61 Å². The van der Waals surface area contributed by atoms with Crippen molar-refractivity contribution in [2.75, 3.05) is 43.4 Å². The van der Waals surface area contributed by atoms with Gasteiger partial charge in [0, 0.05) is 37.3 Å². The predicted octanol–water partition coefficient (Wildman–Crippen LogP) is 3.53. The van der Waals surface area contributed by atoms with Crippen LogP contribution in [0, 0.1) is 0 Å². The number of hydrogen-bond acceptors (Lipinski definition) is 9. The maximum Gasteiger partial charge on any atom is 0.323 e. The molecule has 1 saturated heterocycles. The van der Waals surface area contributed by atoms with Gasteiger partial charge in [0.2, 0.25) is 11.9 Å². The van der Waals surface area contributed by atoms with Crippen molar-refractivity contribution in [3.05, 3.63) is 47.0 Å². The van der Waals surface area contributed by atoms with E-state index in [4.69, 9.17) is 4.74 Å². The molecule has 9 heteroatoms. The minimum atomic E-state index is 0.311. The summed E-state index contributed by atoms with van der Waals surface area (Å²) in [5, 5.41) is 4.00. The van der Waals surface area contributed by atoms with E-state index < -0.39 is 0 Å². The summed E-state index contributed by atoms with van der Waals surface area (Å²) in [5.41, 5.74) is 1.06. The Hall–Kier alpha value is -2.78. The molecule has 0 bridgehead atoms. The molecule has 0 aliphatic carbocycles. The third kappa shape index (κ3) is 5.22. The van der Waals surface area contributed by atoms with E-state index in [0.717, 1.165) is 36.9 Å². The van der Waals surface area contributed by atoms with Crippen molar-refractivity contribution in [3.63, 3.8) is 0 Å². The summed E-state index contributed by atoms with van der Waals surface area (Å²) in [5.74, 6) is 1.51. The number of benzene rings is 1. The first-order chi connectivity index (χ1) is 14.6. The van der Waals surface area contributed by atoms with Gasteiger partial charge in [0.05, 0.1) is 0 Å². The second-order valence-corrected chi connectivity index (χ2v) is 8.72. The first-order valence-electron chi connectivity index (χ1n) is 10.2. The zero-order valence-electron chi connectivity index (χ0n) is 17.6. The van der Waals surface area contributed by atoms with Crippen LogP contribution in [0.4, 0.5) is 17.0 Å². The highest BCUT2D eigenvalue weighted by Gasteiger charge is 2.19. The monoisotopic (exact) mass is 425 g/mol. The molecule has 8 nitrogen and oxygen atoms in total. The van der Waals surface area contributed by atoms with Crippen LogP contribution in [0.1, 0.15) is 30.2 Å². The first kappa shape index (κ1) is 20.5. The molecule has 158 valence electrons. The second-order valence-electron chi connectivity index (χ2n) is 7.65. The lowest BCUT2D eigenvalue weighted by atomic mass is 10.2. The molecule has 30 heavy (non-hydrogen) atoms. The van der Waals surface area contributed by atoms with Crippen LogP contribution in [0.15, 0.2) is 36.5 Å². The molecule has 0 amide bonds. The Bertz CT molecular complexity index is 955. The van der Waals surface area contributed by atoms with E-state index in [1.54, 1.807) is 11.3 Å². The number of nitrogens with one attached hydrogen (secondary N) is 1. The first-order valence-corrected chi connectivity index (χ1v) is 11.0. The fourth-order valence-electron chi connectivity index (χ4n) is 3.04. The highest BCUT2D eigenvalue weighted by Crippen LogP contribution is 2.27. The number of aromatic nitrogens is 4. The van der Waals surface area contributed by atoms with Crippen molar-refractivity contribution in [1.82, 2.24) is 24.8 Å². The summed E-state index contributed by atoms with van der Waals surface area (Å²) in [6, 6.07) is 10.3. The van der Waals surface area contributed by atoms with Crippen LogP contribution in [0.3, 0.4) is 0 Å². The molecular weight excluding hydrogens is 398 g/mol. The average Bonchev–Trinajstić information content (AvgIpc) is 3.22. The molecule has 0 saturated carbocycles. The summed E-state index contributed by atoms with van der Waals surface area (Å²) >= 11 is 1.61. The molecule has 1 aromatic carbocycles. The fraction of sp³-hybridized carbons (Fsp3) is 0.429. The van der Waals surface area contributed by atoms with Crippen molar-refractivity contribution in [2.45, 2.75) is 26.4 Å². The maximum absolute atomic E-state index is 5.91. The molecule has 4 rings (SSSR count). The minimum Gasteiger partial charge on any atom is -0.458 e. The van der Waals surface area contributed by atoms with Crippen LogP contribution in [0.2, 0.25) is 0 Å². The number of ether oxygens (including phenoxy) is 1. The van der Waals surface area contributed by atoms with Gasteiger partial charge in [-0.2, -0.15) is 15.0 Å². The number of anilines is 3. The Kier molecular flexibility index (Phi) is 6.39. The molecule has 3 heterocycles. The summed E-state index contributed by atoms with van der Waals surface area (Å²) in [6.45, 7) is 8.39.